The highest BCUT2D eigenvalue weighted by molar-refractivity contribution is 4.96. The lowest BCUT2D eigenvalue weighted by molar-refractivity contribution is -0.0626. The molecule has 64 valence electrons. The standard InChI is InChI=1S/C8H16N2O/c1-8(2,3)10-7(11)5-4-6-9-10/h4-5,7,9,11H,6H2,1-3H3. The molecule has 0 spiro atoms. The molecule has 0 aliphatic carbocycles. The van der Waals surface area contributed by atoms with Crippen LogP contribution in [0.4, 0.5) is 0 Å². The first-order valence-corrected chi connectivity index (χ1v) is 3.89. The molecule has 1 aliphatic rings. The number of aliphatic hydroxyl groups is 1. The maximum Gasteiger partial charge on any atom is 0.139 e. The minimum absolute atomic E-state index is 0.0375. The molecule has 1 unspecified atom stereocenters. The lowest BCUT2D eigenvalue weighted by Crippen LogP contribution is -2.57. The Kier molecular flexibility index (Phi) is 2.32. The third kappa shape index (κ3) is 2.02. The van der Waals surface area contributed by atoms with E-state index < -0.39 is 6.23 Å². The van der Waals surface area contributed by atoms with Crippen LogP contribution < -0.4 is 5.43 Å². The van der Waals surface area contributed by atoms with Gasteiger partial charge in [-0.25, -0.2) is 10.4 Å². The molecule has 3 heteroatoms. The molecular weight excluding hydrogens is 140 g/mol. The first-order chi connectivity index (χ1) is 5.02. The Balaban J connectivity index is 2.65. The van der Waals surface area contributed by atoms with E-state index in [0.717, 1.165) is 6.54 Å². The van der Waals surface area contributed by atoms with Crippen molar-refractivity contribution in [3.8, 4) is 0 Å². The topological polar surface area (TPSA) is 35.5 Å². The lowest BCUT2D eigenvalue weighted by atomic mass is 10.1. The summed E-state index contributed by atoms with van der Waals surface area (Å²) in [6, 6.07) is 0. The molecule has 11 heavy (non-hydrogen) atoms. The quantitative estimate of drug-likeness (QED) is 0.501. The van der Waals surface area contributed by atoms with E-state index in [-0.39, 0.29) is 5.54 Å². The second-order valence-electron chi connectivity index (χ2n) is 3.74. The normalized spacial score (nSPS) is 27.5. The van der Waals surface area contributed by atoms with Crippen molar-refractivity contribution in [2.45, 2.75) is 32.5 Å². The largest absolute Gasteiger partial charge is 0.373 e. The van der Waals surface area contributed by atoms with Crippen LogP contribution in [0, 0.1) is 0 Å². The Morgan fingerprint density at radius 3 is 2.55 bits per heavy atom. The summed E-state index contributed by atoms with van der Waals surface area (Å²) >= 11 is 0. The molecule has 0 saturated heterocycles. The summed E-state index contributed by atoms with van der Waals surface area (Å²) in [6.45, 7) is 6.97. The molecule has 3 nitrogen and oxygen atoms in total. The van der Waals surface area contributed by atoms with Gasteiger partial charge in [0, 0.05) is 12.1 Å². The number of hydrogen-bond donors (Lipinski definition) is 2. The summed E-state index contributed by atoms with van der Waals surface area (Å²) < 4.78 is 0. The van der Waals surface area contributed by atoms with Crippen molar-refractivity contribution < 1.29 is 5.11 Å². The summed E-state index contributed by atoms with van der Waals surface area (Å²) in [5.41, 5.74) is 3.07. The molecule has 2 N–H and O–H groups in total. The molecule has 0 saturated carbocycles. The zero-order valence-corrected chi connectivity index (χ0v) is 7.33. The van der Waals surface area contributed by atoms with Crippen molar-refractivity contribution in [3.63, 3.8) is 0 Å². The zero-order chi connectivity index (χ0) is 8.48. The van der Waals surface area contributed by atoms with Crippen molar-refractivity contribution in [2.24, 2.45) is 0 Å². The molecular formula is C8H16N2O. The maximum atomic E-state index is 9.48. The van der Waals surface area contributed by atoms with Gasteiger partial charge in [0.2, 0.25) is 0 Å². The highest BCUT2D eigenvalue weighted by Gasteiger charge is 2.27. The van der Waals surface area contributed by atoms with Gasteiger partial charge in [-0.1, -0.05) is 6.08 Å². The smallest absolute Gasteiger partial charge is 0.139 e. The lowest BCUT2D eigenvalue weighted by Gasteiger charge is -2.39. The Morgan fingerprint density at radius 2 is 2.18 bits per heavy atom. The number of aliphatic hydroxyl groups excluding tert-OH is 1. The van der Waals surface area contributed by atoms with Crippen LogP contribution in [-0.4, -0.2) is 28.4 Å². The van der Waals surface area contributed by atoms with Gasteiger partial charge in [-0.15, -0.1) is 0 Å². The molecule has 0 amide bonds. The summed E-state index contributed by atoms with van der Waals surface area (Å²) in [4.78, 5) is 0. The molecule has 0 aromatic heterocycles. The molecule has 1 atom stereocenters. The molecule has 1 rings (SSSR count). The second-order valence-corrected chi connectivity index (χ2v) is 3.74. The number of nitrogens with one attached hydrogen (secondary N) is 1. The van der Waals surface area contributed by atoms with Crippen molar-refractivity contribution in [1.82, 2.24) is 10.4 Å². The van der Waals surface area contributed by atoms with Crippen LogP contribution in [0.25, 0.3) is 0 Å². The van der Waals surface area contributed by atoms with Crippen LogP contribution in [-0.2, 0) is 0 Å². The van der Waals surface area contributed by atoms with Crippen molar-refractivity contribution in [1.29, 1.82) is 0 Å². The van der Waals surface area contributed by atoms with Gasteiger partial charge >= 0.3 is 0 Å². The Hall–Kier alpha value is -0.380. The minimum atomic E-state index is -0.497. The highest BCUT2D eigenvalue weighted by atomic mass is 16.3. The Morgan fingerprint density at radius 1 is 1.55 bits per heavy atom. The number of hydrazine groups is 1. The van der Waals surface area contributed by atoms with E-state index in [9.17, 15) is 5.11 Å². The monoisotopic (exact) mass is 156 g/mol. The molecule has 0 radical (unpaired) electrons. The Bertz CT molecular complexity index is 160. The van der Waals surface area contributed by atoms with Gasteiger partial charge in [0.15, 0.2) is 0 Å². The number of nitrogens with zero attached hydrogens (tertiary/aromatic N) is 1. The number of hydrogen-bond acceptors (Lipinski definition) is 3. The fourth-order valence-corrected chi connectivity index (χ4v) is 1.15. The van der Waals surface area contributed by atoms with Crippen molar-refractivity contribution >= 4 is 0 Å². The van der Waals surface area contributed by atoms with Gasteiger partial charge in [0.05, 0.1) is 0 Å². The van der Waals surface area contributed by atoms with Gasteiger partial charge in [-0.05, 0) is 26.8 Å². The summed E-state index contributed by atoms with van der Waals surface area (Å²) in [6.07, 6.45) is 3.22. The first kappa shape index (κ1) is 8.71. The molecule has 0 aromatic rings. The third-order valence-corrected chi connectivity index (χ3v) is 1.67. The minimum Gasteiger partial charge on any atom is -0.373 e. The highest BCUT2D eigenvalue weighted by Crippen LogP contribution is 2.15. The van der Waals surface area contributed by atoms with Crippen molar-refractivity contribution in [3.05, 3.63) is 12.2 Å². The van der Waals surface area contributed by atoms with Crippen LogP contribution in [0.3, 0.4) is 0 Å². The van der Waals surface area contributed by atoms with Crippen LogP contribution in [0.2, 0.25) is 0 Å². The number of rotatable bonds is 0. The van der Waals surface area contributed by atoms with Gasteiger partial charge in [-0.2, -0.15) is 0 Å². The first-order valence-electron chi connectivity index (χ1n) is 3.89. The van der Waals surface area contributed by atoms with Crippen LogP contribution >= 0.6 is 0 Å². The van der Waals surface area contributed by atoms with E-state index in [1.165, 1.54) is 0 Å². The van der Waals surface area contributed by atoms with E-state index in [1.807, 2.05) is 11.1 Å². The van der Waals surface area contributed by atoms with Crippen molar-refractivity contribution in [2.75, 3.05) is 6.54 Å². The average Bonchev–Trinajstić information content (AvgIpc) is 1.86. The summed E-state index contributed by atoms with van der Waals surface area (Å²) in [5.74, 6) is 0. The van der Waals surface area contributed by atoms with E-state index in [0.29, 0.717) is 0 Å². The third-order valence-electron chi connectivity index (χ3n) is 1.67. The van der Waals surface area contributed by atoms with Gasteiger partial charge in [-0.3, -0.25) is 0 Å². The fourth-order valence-electron chi connectivity index (χ4n) is 1.15. The molecule has 0 aromatic carbocycles. The van der Waals surface area contributed by atoms with Gasteiger partial charge in [0.1, 0.15) is 6.23 Å². The van der Waals surface area contributed by atoms with Crippen LogP contribution in [0.1, 0.15) is 20.8 Å². The predicted octanol–water partition coefficient (Wildman–Crippen LogP) is 0.480. The van der Waals surface area contributed by atoms with E-state index in [4.69, 9.17) is 0 Å². The zero-order valence-electron chi connectivity index (χ0n) is 7.33. The van der Waals surface area contributed by atoms with E-state index in [2.05, 4.69) is 26.2 Å². The predicted molar refractivity (Wildman–Crippen MR) is 44.7 cm³/mol. The molecule has 0 bridgehead atoms. The van der Waals surface area contributed by atoms with E-state index >= 15 is 0 Å². The van der Waals surface area contributed by atoms with E-state index in [1.54, 1.807) is 6.08 Å². The molecule has 1 heterocycles. The fraction of sp³-hybridized carbons (Fsp3) is 0.750. The SMILES string of the molecule is CC(C)(C)N1NCC=CC1O. The molecule has 0 fully saturated rings. The molecule has 1 aliphatic heterocycles. The summed E-state index contributed by atoms with van der Waals surface area (Å²) in [7, 11) is 0. The van der Waals surface area contributed by atoms with Crippen LogP contribution in [0.5, 0.6) is 0 Å². The average molecular weight is 156 g/mol. The second kappa shape index (κ2) is 2.93. The maximum absolute atomic E-state index is 9.48. The summed E-state index contributed by atoms with van der Waals surface area (Å²) in [5, 5.41) is 11.3. The van der Waals surface area contributed by atoms with Gasteiger partial charge < -0.3 is 5.11 Å². The van der Waals surface area contributed by atoms with Gasteiger partial charge in [0.25, 0.3) is 0 Å². The van der Waals surface area contributed by atoms with Crippen LogP contribution in [0.15, 0.2) is 12.2 Å². The Labute approximate surface area is 67.7 Å².